The van der Waals surface area contributed by atoms with Crippen LogP contribution < -0.4 is 16.0 Å². The molecule has 148 valence electrons. The maximum atomic E-state index is 12.9. The highest BCUT2D eigenvalue weighted by atomic mass is 79.9. The van der Waals surface area contributed by atoms with Crippen LogP contribution in [-0.4, -0.2) is 18.7 Å². The van der Waals surface area contributed by atoms with Gasteiger partial charge in [-0.3, -0.25) is 18.5 Å². The third-order valence-electron chi connectivity index (χ3n) is 4.59. The number of fused-ring (bicyclic) bond motifs is 1. The zero-order chi connectivity index (χ0) is 20.7. The average molecular weight is 520 g/mol. The minimum absolute atomic E-state index is 0.239. The largest absolute Gasteiger partial charge is 0.425 e. The van der Waals surface area contributed by atoms with Crippen molar-refractivity contribution in [3.63, 3.8) is 0 Å². The van der Waals surface area contributed by atoms with E-state index in [1.54, 1.807) is 23.7 Å². The summed E-state index contributed by atoms with van der Waals surface area (Å²) in [6.45, 7) is 0.364. The molecule has 0 N–H and O–H groups in total. The molecule has 0 radical (unpaired) electrons. The second kappa shape index (κ2) is 7.64. The van der Waals surface area contributed by atoms with E-state index in [0.29, 0.717) is 17.8 Å². The van der Waals surface area contributed by atoms with Crippen molar-refractivity contribution in [2.24, 2.45) is 14.1 Å². The van der Waals surface area contributed by atoms with Gasteiger partial charge in [-0.25, -0.2) is 4.79 Å². The van der Waals surface area contributed by atoms with Crippen molar-refractivity contribution < 1.29 is 4.74 Å². The number of aryl methyl sites for hydroxylation is 1. The molecule has 29 heavy (non-hydrogen) atoms. The number of halogens is 2. The number of nitrogens with zero attached hydrogens (tertiary/aromatic N) is 4. The fourth-order valence-electron chi connectivity index (χ4n) is 3.03. The van der Waals surface area contributed by atoms with Crippen LogP contribution in [0.15, 0.2) is 67.1 Å². The van der Waals surface area contributed by atoms with Crippen molar-refractivity contribution >= 4 is 43.0 Å². The zero-order valence-electron chi connectivity index (χ0n) is 15.6. The summed E-state index contributed by atoms with van der Waals surface area (Å²) in [7, 11) is 3.04. The molecule has 0 aliphatic rings. The fourth-order valence-corrected chi connectivity index (χ4v) is 3.56. The van der Waals surface area contributed by atoms with E-state index < -0.39 is 11.2 Å². The Morgan fingerprint density at radius 2 is 1.48 bits per heavy atom. The summed E-state index contributed by atoms with van der Waals surface area (Å²) in [4.78, 5) is 29.7. The number of benzene rings is 2. The highest BCUT2D eigenvalue weighted by Crippen LogP contribution is 2.26. The predicted octanol–water partition coefficient (Wildman–Crippen LogP) is 3.80. The van der Waals surface area contributed by atoms with E-state index in [-0.39, 0.29) is 11.7 Å². The molecule has 2 aromatic heterocycles. The van der Waals surface area contributed by atoms with E-state index in [1.807, 2.05) is 36.4 Å². The number of ether oxygens (including phenoxy) is 1. The molecule has 2 heterocycles. The van der Waals surface area contributed by atoms with Gasteiger partial charge in [0.1, 0.15) is 5.75 Å². The molecular formula is C20H16Br2N4O3. The Hall–Kier alpha value is -2.65. The standard InChI is InChI=1S/C20H16Br2N4O3/c1-24-17-16(18(27)25(2)20(24)28)26(11-12-3-5-13(21)6-4-12)19(23-17)29-15-9-7-14(22)8-10-15/h3-10H,11H2,1-2H3. The molecule has 0 amide bonds. The summed E-state index contributed by atoms with van der Waals surface area (Å²) in [6.07, 6.45) is 0. The SMILES string of the molecule is Cn1c(=O)c2c(nc(Oc3ccc(Br)cc3)n2Cc2ccc(Br)cc2)n(C)c1=O. The second-order valence-electron chi connectivity index (χ2n) is 6.54. The Morgan fingerprint density at radius 1 is 0.897 bits per heavy atom. The van der Waals surface area contributed by atoms with Gasteiger partial charge in [-0.15, -0.1) is 0 Å². The molecule has 9 heteroatoms. The van der Waals surface area contributed by atoms with Gasteiger partial charge in [0.05, 0.1) is 6.54 Å². The summed E-state index contributed by atoms with van der Waals surface area (Å²) in [5.41, 5.74) is 0.695. The second-order valence-corrected chi connectivity index (χ2v) is 8.37. The molecule has 0 unspecified atom stereocenters. The van der Waals surface area contributed by atoms with Crippen LogP contribution in [0, 0.1) is 0 Å². The van der Waals surface area contributed by atoms with Crippen molar-refractivity contribution in [3.8, 4) is 11.8 Å². The van der Waals surface area contributed by atoms with Gasteiger partial charge < -0.3 is 4.74 Å². The van der Waals surface area contributed by atoms with Gasteiger partial charge in [-0.05, 0) is 42.0 Å². The summed E-state index contributed by atoms with van der Waals surface area (Å²) in [6, 6.07) is 15.3. The Labute approximate surface area is 182 Å². The number of aromatic nitrogens is 4. The third kappa shape index (κ3) is 3.67. The smallest absolute Gasteiger partial charge is 0.332 e. The Bertz CT molecular complexity index is 1320. The average Bonchev–Trinajstić information content (AvgIpc) is 3.06. The van der Waals surface area contributed by atoms with Crippen LogP contribution in [0.2, 0.25) is 0 Å². The van der Waals surface area contributed by atoms with Gasteiger partial charge in [0.25, 0.3) is 5.56 Å². The molecule has 0 spiro atoms. The first-order valence-corrected chi connectivity index (χ1v) is 10.3. The maximum Gasteiger partial charge on any atom is 0.332 e. The molecule has 0 saturated heterocycles. The molecule has 4 rings (SSSR count). The lowest BCUT2D eigenvalue weighted by Crippen LogP contribution is -2.37. The lowest BCUT2D eigenvalue weighted by molar-refractivity contribution is 0.421. The van der Waals surface area contributed by atoms with Crippen molar-refractivity contribution in [2.45, 2.75) is 6.54 Å². The summed E-state index contributed by atoms with van der Waals surface area (Å²) in [5, 5.41) is 0. The van der Waals surface area contributed by atoms with Crippen LogP contribution >= 0.6 is 31.9 Å². The van der Waals surface area contributed by atoms with E-state index >= 15 is 0 Å². The summed E-state index contributed by atoms with van der Waals surface area (Å²) >= 11 is 6.82. The normalized spacial score (nSPS) is 11.2. The third-order valence-corrected chi connectivity index (χ3v) is 5.65. The summed E-state index contributed by atoms with van der Waals surface area (Å²) < 4.78 is 12.0. The Morgan fingerprint density at radius 3 is 2.10 bits per heavy atom. The predicted molar refractivity (Wildman–Crippen MR) is 118 cm³/mol. The summed E-state index contributed by atoms with van der Waals surface area (Å²) in [5.74, 6) is 0.572. The number of hydrogen-bond acceptors (Lipinski definition) is 4. The van der Waals surface area contributed by atoms with Crippen LogP contribution in [0.3, 0.4) is 0 Å². The highest BCUT2D eigenvalue weighted by Gasteiger charge is 2.21. The van der Waals surface area contributed by atoms with E-state index in [1.165, 1.54) is 11.6 Å². The highest BCUT2D eigenvalue weighted by molar-refractivity contribution is 9.10. The first-order chi connectivity index (χ1) is 13.8. The monoisotopic (exact) mass is 518 g/mol. The fraction of sp³-hybridized carbons (Fsp3) is 0.150. The van der Waals surface area contributed by atoms with E-state index in [4.69, 9.17) is 4.74 Å². The molecule has 0 fully saturated rings. The minimum Gasteiger partial charge on any atom is -0.425 e. The molecule has 0 atom stereocenters. The topological polar surface area (TPSA) is 71.1 Å². The lowest BCUT2D eigenvalue weighted by Gasteiger charge is -2.10. The maximum absolute atomic E-state index is 12.9. The Kier molecular flexibility index (Phi) is 5.18. The molecule has 0 aliphatic carbocycles. The number of imidazole rings is 1. The van der Waals surface area contributed by atoms with Crippen LogP contribution in [0.4, 0.5) is 0 Å². The molecular weight excluding hydrogens is 504 g/mol. The molecule has 0 aliphatic heterocycles. The van der Waals surface area contributed by atoms with Crippen molar-refractivity contribution in [2.75, 3.05) is 0 Å². The van der Waals surface area contributed by atoms with Crippen LogP contribution in [0.25, 0.3) is 11.2 Å². The van der Waals surface area contributed by atoms with Gasteiger partial charge in [0.2, 0.25) is 0 Å². The van der Waals surface area contributed by atoms with Gasteiger partial charge in [0, 0.05) is 23.0 Å². The molecule has 2 aromatic carbocycles. The van der Waals surface area contributed by atoms with Crippen LogP contribution in [0.5, 0.6) is 11.8 Å². The molecule has 0 bridgehead atoms. The van der Waals surface area contributed by atoms with Gasteiger partial charge in [-0.1, -0.05) is 44.0 Å². The minimum atomic E-state index is -0.439. The van der Waals surface area contributed by atoms with Crippen molar-refractivity contribution in [3.05, 3.63) is 83.9 Å². The zero-order valence-corrected chi connectivity index (χ0v) is 18.8. The number of rotatable bonds is 4. The van der Waals surface area contributed by atoms with E-state index in [0.717, 1.165) is 19.1 Å². The van der Waals surface area contributed by atoms with E-state index in [9.17, 15) is 9.59 Å². The number of hydrogen-bond donors (Lipinski definition) is 0. The Balaban J connectivity index is 1.93. The molecule has 4 aromatic rings. The first-order valence-electron chi connectivity index (χ1n) is 8.69. The van der Waals surface area contributed by atoms with Gasteiger partial charge >= 0.3 is 11.7 Å². The quantitative estimate of drug-likeness (QED) is 0.411. The molecule has 0 saturated carbocycles. The van der Waals surface area contributed by atoms with Crippen molar-refractivity contribution in [1.29, 1.82) is 0 Å². The van der Waals surface area contributed by atoms with Gasteiger partial charge in [0.15, 0.2) is 11.2 Å². The van der Waals surface area contributed by atoms with Crippen LogP contribution in [-0.2, 0) is 20.6 Å². The van der Waals surface area contributed by atoms with E-state index in [2.05, 4.69) is 36.8 Å². The molecule has 7 nitrogen and oxygen atoms in total. The van der Waals surface area contributed by atoms with Gasteiger partial charge in [-0.2, -0.15) is 4.98 Å². The van der Waals surface area contributed by atoms with Crippen LogP contribution in [0.1, 0.15) is 5.56 Å². The lowest BCUT2D eigenvalue weighted by atomic mass is 10.2. The first kappa shape index (κ1) is 19.7. The van der Waals surface area contributed by atoms with Crippen molar-refractivity contribution in [1.82, 2.24) is 18.7 Å².